The third-order valence-electron chi connectivity index (χ3n) is 4.47. The highest BCUT2D eigenvalue weighted by atomic mass is 19.1. The quantitative estimate of drug-likeness (QED) is 0.498. The van der Waals surface area contributed by atoms with Crippen LogP contribution in [0.1, 0.15) is 11.4 Å². The van der Waals surface area contributed by atoms with Gasteiger partial charge in [-0.1, -0.05) is 24.1 Å². The monoisotopic (exact) mass is 421 g/mol. The number of benzene rings is 2. The van der Waals surface area contributed by atoms with Crippen LogP contribution in [-0.2, 0) is 6.54 Å². The molecule has 0 unspecified atom stereocenters. The van der Waals surface area contributed by atoms with E-state index in [-0.39, 0.29) is 12.4 Å². The number of methoxy groups -OCH3 is 1. The van der Waals surface area contributed by atoms with Crippen molar-refractivity contribution >= 4 is 17.0 Å². The molecule has 0 aliphatic rings. The number of hydrogen-bond donors (Lipinski definition) is 1. The first-order valence-electron chi connectivity index (χ1n) is 9.22. The molecule has 2 heterocycles. The van der Waals surface area contributed by atoms with Crippen molar-refractivity contribution in [3.63, 3.8) is 0 Å². The molecule has 156 valence electrons. The molecule has 0 amide bonds. The van der Waals surface area contributed by atoms with Crippen molar-refractivity contribution in [1.82, 2.24) is 19.5 Å². The van der Waals surface area contributed by atoms with E-state index in [0.29, 0.717) is 23.5 Å². The number of ether oxygens (including phenoxy) is 2. The fraction of sp³-hybridized carbons (Fsp3) is 0.136. The molecule has 7 nitrogen and oxygen atoms in total. The molecule has 4 aromatic rings. The molecular formula is C22H17F2N5O2. The Hall–Kier alpha value is -4.19. The summed E-state index contributed by atoms with van der Waals surface area (Å²) in [6.07, 6.45) is 1.35. The third kappa shape index (κ3) is 4.23. The van der Waals surface area contributed by atoms with Crippen molar-refractivity contribution in [1.29, 1.82) is 0 Å². The Morgan fingerprint density at radius 1 is 1.06 bits per heavy atom. The van der Waals surface area contributed by atoms with E-state index in [9.17, 15) is 8.78 Å². The molecule has 0 aliphatic heterocycles. The van der Waals surface area contributed by atoms with Gasteiger partial charge in [0.25, 0.3) is 0 Å². The van der Waals surface area contributed by atoms with Crippen LogP contribution < -0.4 is 15.2 Å². The fourth-order valence-corrected chi connectivity index (χ4v) is 2.96. The molecule has 0 aliphatic carbocycles. The number of anilines is 1. The topological polar surface area (TPSA) is 88.1 Å². The van der Waals surface area contributed by atoms with E-state index >= 15 is 0 Å². The minimum absolute atomic E-state index is 0.228. The van der Waals surface area contributed by atoms with E-state index < -0.39 is 17.4 Å². The molecule has 0 atom stereocenters. The van der Waals surface area contributed by atoms with Crippen molar-refractivity contribution < 1.29 is 18.3 Å². The van der Waals surface area contributed by atoms with E-state index in [1.54, 1.807) is 11.7 Å². The zero-order valence-corrected chi connectivity index (χ0v) is 16.5. The Balaban J connectivity index is 1.63. The molecule has 0 bridgehead atoms. The fourth-order valence-electron chi connectivity index (χ4n) is 2.96. The Morgan fingerprint density at radius 2 is 1.81 bits per heavy atom. The smallest absolute Gasteiger partial charge is 0.191 e. The average molecular weight is 421 g/mol. The second kappa shape index (κ2) is 8.67. The van der Waals surface area contributed by atoms with Gasteiger partial charge in [0.05, 0.1) is 13.7 Å². The zero-order chi connectivity index (χ0) is 21.8. The van der Waals surface area contributed by atoms with Crippen molar-refractivity contribution in [3.8, 4) is 23.3 Å². The largest absolute Gasteiger partial charge is 0.497 e. The molecule has 4 rings (SSSR count). The normalized spacial score (nSPS) is 10.5. The number of hydrogen-bond acceptors (Lipinski definition) is 6. The molecule has 0 saturated carbocycles. The second-order valence-electron chi connectivity index (χ2n) is 6.44. The number of aromatic nitrogens is 4. The molecule has 2 N–H and O–H groups in total. The van der Waals surface area contributed by atoms with Crippen LogP contribution in [0.15, 0.2) is 48.8 Å². The minimum Gasteiger partial charge on any atom is -0.497 e. The van der Waals surface area contributed by atoms with Crippen LogP contribution in [0.4, 0.5) is 14.6 Å². The number of nitrogens with two attached hydrogens (primary N) is 1. The van der Waals surface area contributed by atoms with Crippen LogP contribution in [0.25, 0.3) is 11.2 Å². The highest BCUT2D eigenvalue weighted by Crippen LogP contribution is 2.21. The van der Waals surface area contributed by atoms with Crippen molar-refractivity contribution in [3.05, 3.63) is 71.8 Å². The number of imidazole rings is 1. The van der Waals surface area contributed by atoms with E-state index in [0.717, 1.165) is 23.4 Å². The minimum atomic E-state index is -0.795. The molecule has 0 spiro atoms. The number of halogens is 2. The van der Waals surface area contributed by atoms with Gasteiger partial charge in [-0.3, -0.25) is 4.57 Å². The maximum absolute atomic E-state index is 13.7. The summed E-state index contributed by atoms with van der Waals surface area (Å²) < 4.78 is 39.5. The van der Waals surface area contributed by atoms with Crippen LogP contribution >= 0.6 is 0 Å². The number of para-hydroxylation sites is 1. The third-order valence-corrected chi connectivity index (χ3v) is 4.47. The Labute approximate surface area is 176 Å². The first kappa shape index (κ1) is 20.1. The summed E-state index contributed by atoms with van der Waals surface area (Å²) >= 11 is 0. The van der Waals surface area contributed by atoms with Crippen LogP contribution in [0, 0.1) is 23.5 Å². The second-order valence-corrected chi connectivity index (χ2v) is 6.44. The Bertz CT molecular complexity index is 1270. The number of fused-ring (bicyclic) bond motifs is 1. The lowest BCUT2D eigenvalue weighted by Crippen LogP contribution is -2.05. The van der Waals surface area contributed by atoms with Gasteiger partial charge in [-0.05, 0) is 35.7 Å². The van der Waals surface area contributed by atoms with Crippen LogP contribution in [-0.4, -0.2) is 33.2 Å². The van der Waals surface area contributed by atoms with Gasteiger partial charge >= 0.3 is 0 Å². The summed E-state index contributed by atoms with van der Waals surface area (Å²) in [7, 11) is 1.60. The van der Waals surface area contributed by atoms with E-state index in [2.05, 4.69) is 26.8 Å². The summed E-state index contributed by atoms with van der Waals surface area (Å²) in [5.41, 5.74) is 7.84. The van der Waals surface area contributed by atoms with Crippen molar-refractivity contribution in [2.75, 3.05) is 19.5 Å². The first-order valence-corrected chi connectivity index (χ1v) is 9.22. The lowest BCUT2D eigenvalue weighted by molar-refractivity contribution is 0.326. The summed E-state index contributed by atoms with van der Waals surface area (Å²) in [4.78, 5) is 12.7. The van der Waals surface area contributed by atoms with E-state index in [1.165, 1.54) is 12.4 Å². The first-order chi connectivity index (χ1) is 15.1. The molecule has 0 saturated heterocycles. The van der Waals surface area contributed by atoms with Gasteiger partial charge in [0.1, 0.15) is 18.7 Å². The van der Waals surface area contributed by atoms with Gasteiger partial charge < -0.3 is 15.2 Å². The lowest BCUT2D eigenvalue weighted by Gasteiger charge is -2.07. The van der Waals surface area contributed by atoms with Gasteiger partial charge in [-0.25, -0.2) is 23.7 Å². The summed E-state index contributed by atoms with van der Waals surface area (Å²) in [5.74, 6) is 4.87. The van der Waals surface area contributed by atoms with Crippen LogP contribution in [0.3, 0.4) is 0 Å². The number of rotatable bonds is 5. The molecule has 0 radical (unpaired) electrons. The average Bonchev–Trinajstić information content (AvgIpc) is 3.12. The molecule has 2 aromatic heterocycles. The van der Waals surface area contributed by atoms with Gasteiger partial charge in [0.15, 0.2) is 40.2 Å². The summed E-state index contributed by atoms with van der Waals surface area (Å²) in [5, 5.41) is 0. The zero-order valence-electron chi connectivity index (χ0n) is 16.5. The van der Waals surface area contributed by atoms with E-state index in [1.807, 2.05) is 24.3 Å². The maximum atomic E-state index is 13.7. The standard InChI is InChI=1S/C22H17F2N5O2/c1-30-15-9-7-14(8-10-15)12-29-18(28-19-21(25)26-13-27-22(19)29)6-3-11-31-20-16(23)4-2-5-17(20)24/h2,4-5,7-10,13H,11-12H2,1H3,(H2,25,26,27). The van der Waals surface area contributed by atoms with Gasteiger partial charge in [-0.15, -0.1) is 0 Å². The number of nitrogen functional groups attached to an aromatic ring is 1. The van der Waals surface area contributed by atoms with Crippen molar-refractivity contribution in [2.24, 2.45) is 0 Å². The van der Waals surface area contributed by atoms with E-state index in [4.69, 9.17) is 15.2 Å². The Kier molecular flexibility index (Phi) is 5.62. The maximum Gasteiger partial charge on any atom is 0.191 e. The van der Waals surface area contributed by atoms with Gasteiger partial charge in [0, 0.05) is 0 Å². The summed E-state index contributed by atoms with van der Waals surface area (Å²) in [6, 6.07) is 11.0. The molecule has 9 heteroatoms. The molecule has 0 fully saturated rings. The Morgan fingerprint density at radius 3 is 2.52 bits per heavy atom. The van der Waals surface area contributed by atoms with Gasteiger partial charge in [-0.2, -0.15) is 0 Å². The number of nitrogens with zero attached hydrogens (tertiary/aromatic N) is 4. The van der Waals surface area contributed by atoms with Crippen LogP contribution in [0.5, 0.6) is 11.5 Å². The predicted octanol–water partition coefficient (Wildman–Crippen LogP) is 3.17. The lowest BCUT2D eigenvalue weighted by atomic mass is 10.2. The predicted molar refractivity (Wildman–Crippen MR) is 111 cm³/mol. The highest BCUT2D eigenvalue weighted by Gasteiger charge is 2.14. The molecular weight excluding hydrogens is 404 g/mol. The van der Waals surface area contributed by atoms with Gasteiger partial charge in [0.2, 0.25) is 0 Å². The SMILES string of the molecule is COc1ccc(Cn2c(C#CCOc3c(F)cccc3F)nc3c(N)ncnc32)cc1. The van der Waals surface area contributed by atoms with Crippen LogP contribution in [0.2, 0.25) is 0 Å². The van der Waals surface area contributed by atoms with Crippen molar-refractivity contribution in [2.45, 2.75) is 6.54 Å². The molecule has 31 heavy (non-hydrogen) atoms. The highest BCUT2D eigenvalue weighted by molar-refractivity contribution is 5.82. The summed E-state index contributed by atoms with van der Waals surface area (Å²) in [6.45, 7) is 0.189. The molecule has 2 aromatic carbocycles.